The van der Waals surface area contributed by atoms with Gasteiger partial charge in [0.1, 0.15) is 5.92 Å². The maximum Gasteiger partial charge on any atom is 0.159 e. The summed E-state index contributed by atoms with van der Waals surface area (Å²) in [5.41, 5.74) is 0.386. The Morgan fingerprint density at radius 3 is 2.29 bits per heavy atom. The fourth-order valence-electron chi connectivity index (χ4n) is 10.1. The van der Waals surface area contributed by atoms with Crippen LogP contribution in [0, 0.1) is 68.0 Å². The number of carbonyl (C=O) groups is 2. The lowest BCUT2D eigenvalue weighted by atomic mass is 9.37. The molecular weight excluding hydrogens is 422 g/mol. The first-order chi connectivity index (χ1) is 15.8. The van der Waals surface area contributed by atoms with Crippen LogP contribution in [0.5, 0.6) is 0 Å². The fraction of sp³-hybridized carbons (Fsp3) is 0.833. The zero-order valence-electron chi connectivity index (χ0n) is 22.0. The minimum atomic E-state index is -0.597. The average Bonchev–Trinajstić information content (AvgIpc) is 2.77. The summed E-state index contributed by atoms with van der Waals surface area (Å²) >= 11 is 0. The SMILES string of the molecule is CC1(C)CCC2(CO)CCC3C(C(=O)C=C4C3(C)CCC3C(C)(C)C(=O)C(C#N)CC43C)C2C1. The number of ketones is 2. The molecule has 8 atom stereocenters. The Labute approximate surface area is 205 Å². The molecule has 0 radical (unpaired) electrons. The number of nitrogens with zero attached hydrogens (tertiary/aromatic N) is 1. The van der Waals surface area contributed by atoms with Crippen molar-refractivity contribution in [2.45, 2.75) is 92.9 Å². The molecule has 0 aliphatic heterocycles. The van der Waals surface area contributed by atoms with Crippen molar-refractivity contribution in [1.29, 1.82) is 5.26 Å². The summed E-state index contributed by atoms with van der Waals surface area (Å²) in [6, 6.07) is 2.31. The molecule has 34 heavy (non-hydrogen) atoms. The van der Waals surface area contributed by atoms with E-state index in [1.807, 2.05) is 19.9 Å². The lowest BCUT2D eigenvalue weighted by molar-refractivity contribution is -0.159. The zero-order valence-corrected chi connectivity index (χ0v) is 22.0. The van der Waals surface area contributed by atoms with E-state index < -0.39 is 11.3 Å². The van der Waals surface area contributed by atoms with Crippen LogP contribution in [0.25, 0.3) is 0 Å². The highest BCUT2D eigenvalue weighted by atomic mass is 16.3. The second kappa shape index (κ2) is 7.28. The van der Waals surface area contributed by atoms with Gasteiger partial charge in [-0.05, 0) is 96.9 Å². The van der Waals surface area contributed by atoms with Gasteiger partial charge >= 0.3 is 0 Å². The van der Waals surface area contributed by atoms with Crippen molar-refractivity contribution in [2.75, 3.05) is 6.61 Å². The first-order valence-corrected chi connectivity index (χ1v) is 13.6. The van der Waals surface area contributed by atoms with Gasteiger partial charge in [-0.1, -0.05) is 47.1 Å². The van der Waals surface area contributed by atoms with Gasteiger partial charge in [0.05, 0.1) is 6.07 Å². The molecule has 0 spiro atoms. The van der Waals surface area contributed by atoms with Crippen molar-refractivity contribution in [3.63, 3.8) is 0 Å². The number of fused-ring (bicyclic) bond motifs is 7. The van der Waals surface area contributed by atoms with E-state index in [0.29, 0.717) is 6.42 Å². The van der Waals surface area contributed by atoms with Crippen LogP contribution < -0.4 is 0 Å². The monoisotopic (exact) mass is 465 g/mol. The summed E-state index contributed by atoms with van der Waals surface area (Å²) in [6.07, 6.45) is 9.65. The Hall–Kier alpha value is -1.47. The molecule has 4 saturated carbocycles. The fourth-order valence-corrected chi connectivity index (χ4v) is 10.1. The lowest BCUT2D eigenvalue weighted by Gasteiger charge is -2.66. The number of hydrogen-bond acceptors (Lipinski definition) is 4. The molecule has 4 nitrogen and oxygen atoms in total. The molecule has 4 heteroatoms. The van der Waals surface area contributed by atoms with Gasteiger partial charge in [0.25, 0.3) is 0 Å². The lowest BCUT2D eigenvalue weighted by Crippen LogP contribution is -2.62. The van der Waals surface area contributed by atoms with E-state index in [2.05, 4.69) is 33.8 Å². The number of aliphatic hydroxyl groups is 1. The smallest absolute Gasteiger partial charge is 0.159 e. The minimum absolute atomic E-state index is 0.0145. The summed E-state index contributed by atoms with van der Waals surface area (Å²) in [5, 5.41) is 20.4. The standard InChI is InChI=1S/C30H43NO3/c1-26(2)11-12-30(17-32)10-7-19-24(20(30)15-26)21(33)13-23-28(19,5)9-8-22-27(3,4)25(34)18(16-31)14-29(22,23)6/h13,18-20,22,24,32H,7-12,14-15,17H2,1-6H3. The van der Waals surface area contributed by atoms with E-state index in [1.165, 1.54) is 5.57 Å². The summed E-state index contributed by atoms with van der Waals surface area (Å²) in [7, 11) is 0. The zero-order chi connectivity index (χ0) is 24.9. The molecular formula is C30H43NO3. The third kappa shape index (κ3) is 2.98. The molecule has 0 aromatic rings. The molecule has 4 fully saturated rings. The number of rotatable bonds is 1. The third-order valence-corrected chi connectivity index (χ3v) is 12.0. The van der Waals surface area contributed by atoms with E-state index in [0.717, 1.165) is 44.9 Å². The van der Waals surface area contributed by atoms with E-state index in [9.17, 15) is 20.0 Å². The molecule has 5 rings (SSSR count). The van der Waals surface area contributed by atoms with Crippen molar-refractivity contribution in [3.8, 4) is 6.07 Å². The van der Waals surface area contributed by atoms with Gasteiger partial charge in [-0.25, -0.2) is 0 Å². The van der Waals surface area contributed by atoms with Crippen molar-refractivity contribution in [1.82, 2.24) is 0 Å². The molecule has 8 unspecified atom stereocenters. The number of aliphatic hydroxyl groups excluding tert-OH is 1. The summed E-state index contributed by atoms with van der Waals surface area (Å²) < 4.78 is 0. The first kappa shape index (κ1) is 24.2. The molecule has 1 N–H and O–H groups in total. The molecule has 0 saturated heterocycles. The van der Waals surface area contributed by atoms with Crippen LogP contribution in [0.2, 0.25) is 0 Å². The molecule has 0 heterocycles. The Balaban J connectivity index is 1.61. The van der Waals surface area contributed by atoms with Crippen LogP contribution in [-0.2, 0) is 9.59 Å². The summed E-state index contributed by atoms with van der Waals surface area (Å²) in [5.74, 6) is 0.412. The molecule has 5 aliphatic carbocycles. The van der Waals surface area contributed by atoms with E-state index in [1.54, 1.807) is 0 Å². The van der Waals surface area contributed by atoms with Gasteiger partial charge in [-0.2, -0.15) is 5.26 Å². The summed E-state index contributed by atoms with van der Waals surface area (Å²) in [6.45, 7) is 13.5. The topological polar surface area (TPSA) is 78.2 Å². The third-order valence-electron chi connectivity index (χ3n) is 12.0. The molecule has 186 valence electrons. The molecule has 0 amide bonds. The normalized spacial score (nSPS) is 49.0. The Morgan fingerprint density at radius 1 is 0.941 bits per heavy atom. The van der Waals surface area contributed by atoms with Crippen LogP contribution in [0.1, 0.15) is 92.9 Å². The van der Waals surface area contributed by atoms with E-state index >= 15 is 0 Å². The predicted molar refractivity (Wildman–Crippen MR) is 131 cm³/mol. The minimum Gasteiger partial charge on any atom is -0.396 e. The van der Waals surface area contributed by atoms with Crippen LogP contribution in [0.4, 0.5) is 0 Å². The highest BCUT2D eigenvalue weighted by Gasteiger charge is 2.66. The number of Topliss-reactive ketones (excluding diaryl/α,β-unsaturated/α-hetero) is 1. The Kier molecular flexibility index (Phi) is 5.19. The van der Waals surface area contributed by atoms with Gasteiger partial charge in [-0.3, -0.25) is 9.59 Å². The van der Waals surface area contributed by atoms with E-state index in [4.69, 9.17) is 0 Å². The van der Waals surface area contributed by atoms with Crippen LogP contribution in [0.15, 0.2) is 11.6 Å². The van der Waals surface area contributed by atoms with E-state index in [-0.39, 0.29) is 63.5 Å². The molecule has 0 bridgehead atoms. The van der Waals surface area contributed by atoms with Crippen LogP contribution >= 0.6 is 0 Å². The number of carbonyl (C=O) groups excluding carboxylic acids is 2. The van der Waals surface area contributed by atoms with Gasteiger partial charge < -0.3 is 5.11 Å². The second-order valence-electron chi connectivity index (χ2n) is 14.5. The second-order valence-corrected chi connectivity index (χ2v) is 14.5. The van der Waals surface area contributed by atoms with Gasteiger partial charge in [-0.15, -0.1) is 0 Å². The predicted octanol–water partition coefficient (Wildman–Crippen LogP) is 5.89. The number of allylic oxidation sites excluding steroid dienone is 2. The highest BCUT2D eigenvalue weighted by Crippen LogP contribution is 2.71. The number of hydrogen-bond donors (Lipinski definition) is 1. The van der Waals surface area contributed by atoms with Crippen molar-refractivity contribution in [2.24, 2.45) is 56.7 Å². The average molecular weight is 466 g/mol. The highest BCUT2D eigenvalue weighted by molar-refractivity contribution is 5.95. The largest absolute Gasteiger partial charge is 0.396 e. The quantitative estimate of drug-likeness (QED) is 0.524. The van der Waals surface area contributed by atoms with Crippen molar-refractivity contribution >= 4 is 11.6 Å². The molecule has 0 aromatic heterocycles. The Morgan fingerprint density at radius 2 is 1.65 bits per heavy atom. The number of nitriles is 1. The van der Waals surface area contributed by atoms with Crippen molar-refractivity contribution < 1.29 is 14.7 Å². The van der Waals surface area contributed by atoms with Gasteiger partial charge in [0.2, 0.25) is 0 Å². The molecule has 5 aliphatic rings. The maximum absolute atomic E-state index is 14.1. The van der Waals surface area contributed by atoms with Gasteiger partial charge in [0, 0.05) is 17.9 Å². The van der Waals surface area contributed by atoms with Crippen LogP contribution in [-0.4, -0.2) is 23.3 Å². The molecule has 0 aromatic carbocycles. The maximum atomic E-state index is 14.1. The van der Waals surface area contributed by atoms with Gasteiger partial charge in [0.15, 0.2) is 11.6 Å². The first-order valence-electron chi connectivity index (χ1n) is 13.6. The van der Waals surface area contributed by atoms with Crippen molar-refractivity contribution in [3.05, 3.63) is 11.6 Å². The van der Waals surface area contributed by atoms with Crippen LogP contribution in [0.3, 0.4) is 0 Å². The Bertz CT molecular complexity index is 1000. The summed E-state index contributed by atoms with van der Waals surface area (Å²) in [4.78, 5) is 27.2.